The van der Waals surface area contributed by atoms with Crippen molar-refractivity contribution < 1.29 is 9.13 Å². The van der Waals surface area contributed by atoms with E-state index in [1.807, 2.05) is 13.1 Å². The maximum atomic E-state index is 13.5. The molecule has 0 bridgehead atoms. The molecule has 0 saturated carbocycles. The first kappa shape index (κ1) is 11.8. The zero-order chi connectivity index (χ0) is 12.4. The van der Waals surface area contributed by atoms with Gasteiger partial charge in [0.15, 0.2) is 0 Å². The third-order valence-corrected chi connectivity index (χ3v) is 2.78. The zero-order valence-electron chi connectivity index (χ0n) is 10.2. The van der Waals surface area contributed by atoms with Gasteiger partial charge in [0.05, 0.1) is 17.8 Å². The Balaban J connectivity index is 2.73. The first-order valence-electron chi connectivity index (χ1n) is 5.42. The molecule has 3 nitrogen and oxygen atoms in total. The van der Waals surface area contributed by atoms with E-state index in [4.69, 9.17) is 4.74 Å². The molecule has 0 saturated heterocycles. The molecule has 1 aromatic heterocycles. The predicted molar refractivity (Wildman–Crippen MR) is 66.7 cm³/mol. The van der Waals surface area contributed by atoms with Crippen LogP contribution in [0.25, 0.3) is 10.9 Å². The highest BCUT2D eigenvalue weighted by atomic mass is 19.1. The van der Waals surface area contributed by atoms with Gasteiger partial charge in [0, 0.05) is 30.8 Å². The van der Waals surface area contributed by atoms with E-state index in [0.29, 0.717) is 17.7 Å². The van der Waals surface area contributed by atoms with Crippen LogP contribution in [0.3, 0.4) is 0 Å². The number of rotatable bonds is 3. The second kappa shape index (κ2) is 4.67. The smallest absolute Gasteiger partial charge is 0.128 e. The molecule has 1 aromatic carbocycles. The molecular weight excluding hydrogens is 219 g/mol. The fourth-order valence-electron chi connectivity index (χ4n) is 1.89. The molecule has 0 aliphatic carbocycles. The number of hydrogen-bond donors (Lipinski definition) is 1. The molecule has 1 N–H and O–H groups in total. The van der Waals surface area contributed by atoms with Crippen molar-refractivity contribution in [3.05, 3.63) is 35.3 Å². The van der Waals surface area contributed by atoms with E-state index in [2.05, 4.69) is 10.3 Å². The lowest BCUT2D eigenvalue weighted by molar-refractivity contribution is 0.182. The van der Waals surface area contributed by atoms with Crippen LogP contribution in [0.1, 0.15) is 11.3 Å². The minimum atomic E-state index is -0.235. The number of nitrogens with one attached hydrogen (secondary N) is 1. The number of nitrogens with zero attached hydrogens (tertiary/aromatic N) is 1. The first-order valence-corrected chi connectivity index (χ1v) is 5.42. The third kappa shape index (κ3) is 2.08. The third-order valence-electron chi connectivity index (χ3n) is 2.78. The van der Waals surface area contributed by atoms with Gasteiger partial charge in [-0.15, -0.1) is 0 Å². The summed E-state index contributed by atoms with van der Waals surface area (Å²) in [6.07, 6.45) is 0. The van der Waals surface area contributed by atoms with Crippen LogP contribution in [0.5, 0.6) is 0 Å². The van der Waals surface area contributed by atoms with Gasteiger partial charge >= 0.3 is 0 Å². The average molecular weight is 234 g/mol. The average Bonchev–Trinajstić information content (AvgIpc) is 2.34. The lowest BCUT2D eigenvalue weighted by Gasteiger charge is -2.11. The Kier molecular flexibility index (Phi) is 3.24. The van der Waals surface area contributed by atoms with Gasteiger partial charge in [-0.25, -0.2) is 9.37 Å². The molecule has 0 amide bonds. The van der Waals surface area contributed by atoms with Gasteiger partial charge < -0.3 is 10.1 Å². The monoisotopic (exact) mass is 234 g/mol. The number of anilines is 1. The van der Waals surface area contributed by atoms with Crippen LogP contribution in [0.15, 0.2) is 18.2 Å². The molecule has 17 heavy (non-hydrogen) atoms. The summed E-state index contributed by atoms with van der Waals surface area (Å²) in [6, 6.07) is 5.13. The van der Waals surface area contributed by atoms with Crippen LogP contribution in [0, 0.1) is 12.7 Å². The van der Waals surface area contributed by atoms with Gasteiger partial charge in [0.2, 0.25) is 0 Å². The van der Waals surface area contributed by atoms with Gasteiger partial charge in [0.1, 0.15) is 5.82 Å². The van der Waals surface area contributed by atoms with Gasteiger partial charge in [-0.05, 0) is 25.1 Å². The lowest BCUT2D eigenvalue weighted by Crippen LogP contribution is -1.99. The van der Waals surface area contributed by atoms with Crippen LogP contribution >= 0.6 is 0 Å². The van der Waals surface area contributed by atoms with Crippen molar-refractivity contribution in [1.29, 1.82) is 0 Å². The van der Waals surface area contributed by atoms with Gasteiger partial charge in [0.25, 0.3) is 0 Å². The number of aryl methyl sites for hydroxylation is 1. The fourth-order valence-corrected chi connectivity index (χ4v) is 1.89. The molecule has 0 radical (unpaired) electrons. The van der Waals surface area contributed by atoms with Crippen molar-refractivity contribution in [1.82, 2.24) is 4.98 Å². The molecule has 2 rings (SSSR count). The van der Waals surface area contributed by atoms with Crippen molar-refractivity contribution >= 4 is 16.6 Å². The summed E-state index contributed by atoms with van der Waals surface area (Å²) in [5, 5.41) is 4.02. The summed E-state index contributed by atoms with van der Waals surface area (Å²) in [6.45, 7) is 2.15. The molecule has 1 heterocycles. The number of methoxy groups -OCH3 is 1. The highest BCUT2D eigenvalue weighted by Gasteiger charge is 2.09. The summed E-state index contributed by atoms with van der Waals surface area (Å²) in [7, 11) is 3.45. The van der Waals surface area contributed by atoms with E-state index in [-0.39, 0.29) is 5.82 Å². The van der Waals surface area contributed by atoms with Gasteiger partial charge in [-0.2, -0.15) is 0 Å². The number of ether oxygens (including phenoxy) is 1. The number of halogens is 1. The SMILES string of the molecule is CNc1cc(COC)nc2c(C)c(F)ccc12. The number of aromatic nitrogens is 1. The highest BCUT2D eigenvalue weighted by Crippen LogP contribution is 2.27. The molecule has 0 unspecified atom stereocenters. The van der Waals surface area contributed by atoms with Crippen LogP contribution < -0.4 is 5.32 Å². The van der Waals surface area contributed by atoms with E-state index >= 15 is 0 Å². The quantitative estimate of drug-likeness (QED) is 0.886. The molecule has 0 aliphatic heterocycles. The largest absolute Gasteiger partial charge is 0.388 e. The van der Waals surface area contributed by atoms with Crippen LogP contribution in [-0.2, 0) is 11.3 Å². The molecular formula is C13H15FN2O. The molecule has 0 spiro atoms. The van der Waals surface area contributed by atoms with E-state index in [1.165, 1.54) is 6.07 Å². The summed E-state index contributed by atoms with van der Waals surface area (Å²) >= 11 is 0. The van der Waals surface area contributed by atoms with Crippen LogP contribution in [0.4, 0.5) is 10.1 Å². The van der Waals surface area contributed by atoms with Crippen LogP contribution in [0.2, 0.25) is 0 Å². The Morgan fingerprint density at radius 3 is 2.82 bits per heavy atom. The van der Waals surface area contributed by atoms with E-state index in [0.717, 1.165) is 16.8 Å². The molecule has 2 aromatic rings. The number of hydrogen-bond acceptors (Lipinski definition) is 3. The molecule has 0 atom stereocenters. The van der Waals surface area contributed by atoms with Gasteiger partial charge in [-0.3, -0.25) is 0 Å². The van der Waals surface area contributed by atoms with Crippen molar-refractivity contribution in [2.24, 2.45) is 0 Å². The lowest BCUT2D eigenvalue weighted by atomic mass is 10.1. The van der Waals surface area contributed by atoms with Gasteiger partial charge in [-0.1, -0.05) is 0 Å². The number of pyridine rings is 1. The van der Waals surface area contributed by atoms with E-state index in [1.54, 1.807) is 20.1 Å². The van der Waals surface area contributed by atoms with E-state index < -0.39 is 0 Å². The summed E-state index contributed by atoms with van der Waals surface area (Å²) in [5.41, 5.74) is 2.98. The Hall–Kier alpha value is -1.68. The van der Waals surface area contributed by atoms with Crippen molar-refractivity contribution in [2.75, 3.05) is 19.5 Å². The standard InChI is InChI=1S/C13H15FN2O/c1-8-11(14)5-4-10-12(15-2)6-9(7-17-3)16-13(8)10/h4-6H,7H2,1-3H3,(H,15,16). The van der Waals surface area contributed by atoms with Crippen molar-refractivity contribution in [3.8, 4) is 0 Å². The topological polar surface area (TPSA) is 34.1 Å². The molecule has 90 valence electrons. The second-order valence-electron chi connectivity index (χ2n) is 3.91. The second-order valence-corrected chi connectivity index (χ2v) is 3.91. The summed E-state index contributed by atoms with van der Waals surface area (Å²) in [4.78, 5) is 4.43. The van der Waals surface area contributed by atoms with E-state index in [9.17, 15) is 4.39 Å². The molecule has 4 heteroatoms. The Morgan fingerprint density at radius 2 is 2.18 bits per heavy atom. The first-order chi connectivity index (χ1) is 8.17. The normalized spacial score (nSPS) is 10.8. The molecule has 0 fully saturated rings. The van der Waals surface area contributed by atoms with Crippen molar-refractivity contribution in [2.45, 2.75) is 13.5 Å². The maximum absolute atomic E-state index is 13.5. The Morgan fingerprint density at radius 1 is 1.41 bits per heavy atom. The summed E-state index contributed by atoms with van der Waals surface area (Å²) < 4.78 is 18.6. The molecule has 0 aliphatic rings. The Labute approximate surface area is 99.6 Å². The Bertz CT molecular complexity index is 555. The fraction of sp³-hybridized carbons (Fsp3) is 0.308. The van der Waals surface area contributed by atoms with Crippen molar-refractivity contribution in [3.63, 3.8) is 0 Å². The predicted octanol–water partition coefficient (Wildman–Crippen LogP) is 2.87. The minimum Gasteiger partial charge on any atom is -0.388 e. The number of fused-ring (bicyclic) bond motifs is 1. The maximum Gasteiger partial charge on any atom is 0.128 e. The minimum absolute atomic E-state index is 0.235. The highest BCUT2D eigenvalue weighted by molar-refractivity contribution is 5.93. The number of benzene rings is 1. The van der Waals surface area contributed by atoms with Crippen LogP contribution in [-0.4, -0.2) is 19.1 Å². The summed E-state index contributed by atoms with van der Waals surface area (Å²) in [5.74, 6) is -0.235. The zero-order valence-corrected chi connectivity index (χ0v) is 10.2.